The predicted octanol–water partition coefficient (Wildman–Crippen LogP) is 2.60. The number of carbonyl (C=O) groups excluding carboxylic acids is 1. The van der Waals surface area contributed by atoms with E-state index in [0.29, 0.717) is 5.92 Å². The van der Waals surface area contributed by atoms with E-state index in [-0.39, 0.29) is 11.7 Å². The maximum atomic E-state index is 13.0. The number of halogens is 2. The number of likely N-dealkylation sites (N-methyl/N-ethyl adjacent to an activating group) is 1. The first-order valence-corrected chi connectivity index (χ1v) is 6.34. The molecule has 0 radical (unpaired) electrons. The van der Waals surface area contributed by atoms with Gasteiger partial charge < -0.3 is 9.64 Å². The topological polar surface area (TPSA) is 29.5 Å². The first-order chi connectivity index (χ1) is 8.97. The standard InChI is InChI=1S/C14H17F2NO2/c1-9(14(18)17(2)8-10-3-4-10)19-11-5-6-12(15)13(16)7-11/h5-7,9-10H,3-4,8H2,1-2H3/t9-/m0/s1. The largest absolute Gasteiger partial charge is 0.481 e. The van der Waals surface area contributed by atoms with E-state index in [1.807, 2.05) is 0 Å². The Labute approximate surface area is 111 Å². The van der Waals surface area contributed by atoms with Gasteiger partial charge in [0.2, 0.25) is 0 Å². The van der Waals surface area contributed by atoms with Crippen LogP contribution in [0.25, 0.3) is 0 Å². The number of nitrogens with zero attached hydrogens (tertiary/aromatic N) is 1. The van der Waals surface area contributed by atoms with Gasteiger partial charge in [-0.1, -0.05) is 0 Å². The third kappa shape index (κ3) is 3.66. The molecule has 1 atom stereocenters. The Morgan fingerprint density at radius 3 is 2.68 bits per heavy atom. The van der Waals surface area contributed by atoms with Crippen LogP contribution >= 0.6 is 0 Å². The third-order valence-electron chi connectivity index (χ3n) is 3.16. The van der Waals surface area contributed by atoms with Crippen molar-refractivity contribution in [3.05, 3.63) is 29.8 Å². The third-order valence-corrected chi connectivity index (χ3v) is 3.16. The van der Waals surface area contributed by atoms with Gasteiger partial charge >= 0.3 is 0 Å². The van der Waals surface area contributed by atoms with Crippen LogP contribution in [0.2, 0.25) is 0 Å². The van der Waals surface area contributed by atoms with E-state index >= 15 is 0 Å². The van der Waals surface area contributed by atoms with Crippen LogP contribution in [-0.2, 0) is 4.79 Å². The Hall–Kier alpha value is -1.65. The zero-order valence-electron chi connectivity index (χ0n) is 11.0. The fourth-order valence-corrected chi connectivity index (χ4v) is 1.89. The molecule has 104 valence electrons. The highest BCUT2D eigenvalue weighted by atomic mass is 19.2. The van der Waals surface area contributed by atoms with Gasteiger partial charge in [-0.15, -0.1) is 0 Å². The van der Waals surface area contributed by atoms with Gasteiger partial charge in [0.05, 0.1) is 0 Å². The Balaban J connectivity index is 1.93. The molecule has 0 saturated heterocycles. The van der Waals surface area contributed by atoms with Crippen LogP contribution in [-0.4, -0.2) is 30.5 Å². The minimum Gasteiger partial charge on any atom is -0.481 e. The van der Waals surface area contributed by atoms with Crippen LogP contribution in [0.15, 0.2) is 18.2 Å². The fraction of sp³-hybridized carbons (Fsp3) is 0.500. The molecule has 0 bridgehead atoms. The van der Waals surface area contributed by atoms with Crippen molar-refractivity contribution in [2.75, 3.05) is 13.6 Å². The fourth-order valence-electron chi connectivity index (χ4n) is 1.89. The number of benzene rings is 1. The lowest BCUT2D eigenvalue weighted by atomic mass is 10.3. The summed E-state index contributed by atoms with van der Waals surface area (Å²) in [6, 6.07) is 3.23. The number of amides is 1. The summed E-state index contributed by atoms with van der Waals surface area (Å²) in [6.07, 6.45) is 1.61. The molecule has 0 heterocycles. The van der Waals surface area contributed by atoms with Crippen molar-refractivity contribution in [1.82, 2.24) is 4.90 Å². The van der Waals surface area contributed by atoms with Crippen LogP contribution < -0.4 is 4.74 Å². The molecule has 1 aromatic carbocycles. The first kappa shape index (κ1) is 13.8. The molecule has 2 rings (SSSR count). The highest BCUT2D eigenvalue weighted by Gasteiger charge is 2.27. The van der Waals surface area contributed by atoms with E-state index in [0.717, 1.165) is 31.5 Å². The maximum absolute atomic E-state index is 13.0. The smallest absolute Gasteiger partial charge is 0.263 e. The van der Waals surface area contributed by atoms with Gasteiger partial charge in [0.25, 0.3) is 5.91 Å². The summed E-state index contributed by atoms with van der Waals surface area (Å²) in [7, 11) is 1.73. The number of carbonyl (C=O) groups is 1. The number of rotatable bonds is 5. The zero-order chi connectivity index (χ0) is 14.0. The average Bonchev–Trinajstić information content (AvgIpc) is 3.16. The summed E-state index contributed by atoms with van der Waals surface area (Å²) in [5.41, 5.74) is 0. The van der Waals surface area contributed by atoms with Crippen LogP contribution in [0.3, 0.4) is 0 Å². The molecule has 3 nitrogen and oxygen atoms in total. The molecule has 19 heavy (non-hydrogen) atoms. The van der Waals surface area contributed by atoms with Crippen molar-refractivity contribution in [3.63, 3.8) is 0 Å². The van der Waals surface area contributed by atoms with E-state index < -0.39 is 17.7 Å². The molecule has 0 aliphatic heterocycles. The zero-order valence-corrected chi connectivity index (χ0v) is 11.0. The minimum absolute atomic E-state index is 0.152. The number of ether oxygens (including phenoxy) is 1. The second-order valence-electron chi connectivity index (χ2n) is 5.00. The lowest BCUT2D eigenvalue weighted by molar-refractivity contribution is -0.136. The first-order valence-electron chi connectivity index (χ1n) is 6.34. The van der Waals surface area contributed by atoms with Crippen molar-refractivity contribution in [2.24, 2.45) is 5.92 Å². The Bertz CT molecular complexity index is 475. The van der Waals surface area contributed by atoms with Crippen molar-refractivity contribution in [3.8, 4) is 5.75 Å². The molecule has 1 fully saturated rings. The van der Waals surface area contributed by atoms with E-state index in [9.17, 15) is 13.6 Å². The van der Waals surface area contributed by atoms with Crippen molar-refractivity contribution in [2.45, 2.75) is 25.9 Å². The molecule has 1 aliphatic carbocycles. The predicted molar refractivity (Wildman–Crippen MR) is 66.8 cm³/mol. The molecule has 1 aromatic rings. The van der Waals surface area contributed by atoms with Crippen LogP contribution in [0.5, 0.6) is 5.75 Å². The summed E-state index contributed by atoms with van der Waals surface area (Å²) < 4.78 is 31.1. The lowest BCUT2D eigenvalue weighted by Gasteiger charge is -2.22. The van der Waals surface area contributed by atoms with E-state index in [4.69, 9.17) is 4.74 Å². The van der Waals surface area contributed by atoms with Crippen LogP contribution in [0, 0.1) is 17.6 Å². The molecule has 5 heteroatoms. The maximum Gasteiger partial charge on any atom is 0.263 e. The van der Waals surface area contributed by atoms with Crippen LogP contribution in [0.4, 0.5) is 8.78 Å². The van der Waals surface area contributed by atoms with Crippen molar-refractivity contribution >= 4 is 5.91 Å². The summed E-state index contributed by atoms with van der Waals surface area (Å²) in [6.45, 7) is 2.33. The lowest BCUT2D eigenvalue weighted by Crippen LogP contribution is -2.39. The van der Waals surface area contributed by atoms with Crippen molar-refractivity contribution < 1.29 is 18.3 Å². The Morgan fingerprint density at radius 2 is 2.11 bits per heavy atom. The normalized spacial score (nSPS) is 16.0. The molecular formula is C14H17F2NO2. The summed E-state index contributed by atoms with van der Waals surface area (Å²) >= 11 is 0. The Morgan fingerprint density at radius 1 is 1.42 bits per heavy atom. The molecule has 1 aliphatic rings. The van der Waals surface area contributed by atoms with E-state index in [1.165, 1.54) is 6.07 Å². The summed E-state index contributed by atoms with van der Waals surface area (Å²) in [4.78, 5) is 13.6. The SMILES string of the molecule is C[C@H](Oc1ccc(F)c(F)c1)C(=O)N(C)CC1CC1. The highest BCUT2D eigenvalue weighted by molar-refractivity contribution is 5.80. The monoisotopic (exact) mass is 269 g/mol. The van der Waals surface area contributed by atoms with E-state index in [2.05, 4.69) is 0 Å². The van der Waals surface area contributed by atoms with Gasteiger partial charge in [-0.3, -0.25) is 4.79 Å². The molecule has 0 aromatic heterocycles. The Kier molecular flexibility index (Phi) is 4.02. The highest BCUT2D eigenvalue weighted by Crippen LogP contribution is 2.29. The molecule has 0 spiro atoms. The quantitative estimate of drug-likeness (QED) is 0.822. The molecule has 1 saturated carbocycles. The summed E-state index contributed by atoms with van der Waals surface area (Å²) in [5.74, 6) is -1.32. The van der Waals surface area contributed by atoms with Crippen LogP contribution in [0.1, 0.15) is 19.8 Å². The van der Waals surface area contributed by atoms with Crippen molar-refractivity contribution in [1.29, 1.82) is 0 Å². The molecular weight excluding hydrogens is 252 g/mol. The van der Waals surface area contributed by atoms with E-state index in [1.54, 1.807) is 18.9 Å². The summed E-state index contributed by atoms with van der Waals surface area (Å²) in [5, 5.41) is 0. The molecule has 0 N–H and O–H groups in total. The van der Waals surface area contributed by atoms with Gasteiger partial charge in [-0.25, -0.2) is 8.78 Å². The van der Waals surface area contributed by atoms with Gasteiger partial charge in [-0.2, -0.15) is 0 Å². The second kappa shape index (κ2) is 5.55. The van der Waals surface area contributed by atoms with Gasteiger partial charge in [0.15, 0.2) is 17.7 Å². The van der Waals surface area contributed by atoms with Gasteiger partial charge in [-0.05, 0) is 37.8 Å². The second-order valence-corrected chi connectivity index (χ2v) is 5.00. The molecule has 1 amide bonds. The van der Waals surface area contributed by atoms with Gasteiger partial charge in [0, 0.05) is 19.7 Å². The minimum atomic E-state index is -0.983. The molecule has 0 unspecified atom stereocenters. The number of hydrogen-bond donors (Lipinski definition) is 0. The number of hydrogen-bond acceptors (Lipinski definition) is 2. The van der Waals surface area contributed by atoms with Gasteiger partial charge in [0.1, 0.15) is 5.75 Å². The average molecular weight is 269 g/mol.